The van der Waals surface area contributed by atoms with E-state index in [0.717, 1.165) is 11.3 Å². The molecular formula is C16H16N6OS. The van der Waals surface area contributed by atoms with Crippen LogP contribution in [0.1, 0.15) is 17.3 Å². The molecule has 0 saturated heterocycles. The van der Waals surface area contributed by atoms with Crippen LogP contribution < -0.4 is 11.2 Å². The van der Waals surface area contributed by atoms with E-state index < -0.39 is 0 Å². The van der Waals surface area contributed by atoms with Crippen LogP contribution in [0.4, 0.5) is 5.69 Å². The number of carbonyl (C=O) groups excluding carboxylic acids is 1. The number of carbonyl (C=O) groups is 1. The van der Waals surface area contributed by atoms with Gasteiger partial charge in [-0.05, 0) is 42.2 Å². The minimum absolute atomic E-state index is 0.209. The number of aromatic nitrogens is 4. The lowest BCUT2D eigenvalue weighted by molar-refractivity contribution is 0.102. The summed E-state index contributed by atoms with van der Waals surface area (Å²) in [6.45, 7) is 2.03. The third-order valence-corrected chi connectivity index (χ3v) is 4.09. The normalized spacial score (nSPS) is 10.5. The number of nitrogens with two attached hydrogens (primary N) is 1. The molecule has 3 aromatic rings. The number of thioether (sulfide) groups is 1. The van der Waals surface area contributed by atoms with E-state index in [-0.39, 0.29) is 5.91 Å². The Bertz CT molecular complexity index is 832. The van der Waals surface area contributed by atoms with Crippen molar-refractivity contribution in [3.8, 4) is 11.4 Å². The van der Waals surface area contributed by atoms with Crippen molar-refractivity contribution in [1.82, 2.24) is 19.9 Å². The standard InChI is InChI=1S/C16H16N6OS/c1-2-24-16-21-20-14(22(16)17)11-5-7-13(8-6-11)19-15(23)12-4-3-9-18-10-12/h3-10H,2,17H2,1H3,(H,19,23). The number of rotatable bonds is 5. The van der Waals surface area contributed by atoms with Crippen molar-refractivity contribution in [3.63, 3.8) is 0 Å². The van der Waals surface area contributed by atoms with Gasteiger partial charge in [-0.15, -0.1) is 10.2 Å². The SMILES string of the molecule is CCSc1nnc(-c2ccc(NC(=O)c3cccnc3)cc2)n1N. The summed E-state index contributed by atoms with van der Waals surface area (Å²) < 4.78 is 1.47. The highest BCUT2D eigenvalue weighted by Crippen LogP contribution is 2.22. The van der Waals surface area contributed by atoms with Crippen LogP contribution in [0.2, 0.25) is 0 Å². The molecule has 122 valence electrons. The monoisotopic (exact) mass is 340 g/mol. The predicted molar refractivity (Wildman–Crippen MR) is 94.2 cm³/mol. The smallest absolute Gasteiger partial charge is 0.257 e. The fourth-order valence-corrected chi connectivity index (χ4v) is 2.69. The van der Waals surface area contributed by atoms with Gasteiger partial charge < -0.3 is 11.2 Å². The molecule has 0 saturated carbocycles. The summed E-state index contributed by atoms with van der Waals surface area (Å²) in [7, 11) is 0. The molecule has 8 heteroatoms. The maximum atomic E-state index is 12.1. The van der Waals surface area contributed by atoms with Crippen LogP contribution in [0.15, 0.2) is 53.9 Å². The lowest BCUT2D eigenvalue weighted by Gasteiger charge is -2.06. The third kappa shape index (κ3) is 3.38. The Morgan fingerprint density at radius 1 is 1.25 bits per heavy atom. The highest BCUT2D eigenvalue weighted by molar-refractivity contribution is 7.99. The van der Waals surface area contributed by atoms with Gasteiger partial charge in [-0.3, -0.25) is 9.78 Å². The first kappa shape index (κ1) is 16.0. The maximum Gasteiger partial charge on any atom is 0.257 e. The molecule has 24 heavy (non-hydrogen) atoms. The predicted octanol–water partition coefficient (Wildman–Crippen LogP) is 2.42. The first-order valence-corrected chi connectivity index (χ1v) is 8.32. The zero-order valence-electron chi connectivity index (χ0n) is 13.0. The van der Waals surface area contributed by atoms with Gasteiger partial charge in [0.05, 0.1) is 5.56 Å². The second-order valence-corrected chi connectivity index (χ2v) is 6.11. The summed E-state index contributed by atoms with van der Waals surface area (Å²) in [5, 5.41) is 11.7. The number of hydrogen-bond acceptors (Lipinski definition) is 6. The molecule has 1 amide bonds. The van der Waals surface area contributed by atoms with E-state index >= 15 is 0 Å². The molecule has 3 N–H and O–H groups in total. The largest absolute Gasteiger partial charge is 0.335 e. The first-order valence-electron chi connectivity index (χ1n) is 7.34. The minimum Gasteiger partial charge on any atom is -0.335 e. The summed E-state index contributed by atoms with van der Waals surface area (Å²) in [5.41, 5.74) is 2.01. The zero-order chi connectivity index (χ0) is 16.9. The van der Waals surface area contributed by atoms with Gasteiger partial charge >= 0.3 is 0 Å². The lowest BCUT2D eigenvalue weighted by Crippen LogP contribution is -2.12. The Balaban J connectivity index is 1.75. The summed E-state index contributed by atoms with van der Waals surface area (Å²) in [6, 6.07) is 10.7. The number of amides is 1. The second kappa shape index (κ2) is 7.14. The van der Waals surface area contributed by atoms with Gasteiger partial charge in [-0.1, -0.05) is 18.7 Å². The topological polar surface area (TPSA) is 98.7 Å². The number of nitrogen functional groups attached to an aromatic ring is 1. The van der Waals surface area contributed by atoms with Crippen molar-refractivity contribution in [2.45, 2.75) is 12.1 Å². The molecule has 0 atom stereocenters. The Morgan fingerprint density at radius 3 is 2.71 bits per heavy atom. The molecule has 0 unspecified atom stereocenters. The number of nitrogens with one attached hydrogen (secondary N) is 1. The zero-order valence-corrected chi connectivity index (χ0v) is 13.8. The highest BCUT2D eigenvalue weighted by Gasteiger charge is 2.12. The summed E-state index contributed by atoms with van der Waals surface area (Å²) >= 11 is 1.53. The maximum absolute atomic E-state index is 12.1. The number of anilines is 1. The Hall–Kier alpha value is -2.87. The Kier molecular flexibility index (Phi) is 4.76. The van der Waals surface area contributed by atoms with Gasteiger partial charge in [0, 0.05) is 23.6 Å². The van der Waals surface area contributed by atoms with Gasteiger partial charge in [0.2, 0.25) is 5.16 Å². The third-order valence-electron chi connectivity index (χ3n) is 3.26. The summed E-state index contributed by atoms with van der Waals surface area (Å²) in [4.78, 5) is 16.0. The van der Waals surface area contributed by atoms with Crippen molar-refractivity contribution in [2.24, 2.45) is 0 Å². The summed E-state index contributed by atoms with van der Waals surface area (Å²) in [5.74, 6) is 7.25. The number of hydrogen-bond donors (Lipinski definition) is 2. The molecule has 3 rings (SSSR count). The van der Waals surface area contributed by atoms with Crippen molar-refractivity contribution in [3.05, 3.63) is 54.4 Å². The molecule has 0 aliphatic heterocycles. The van der Waals surface area contributed by atoms with Crippen LogP contribution >= 0.6 is 11.8 Å². The quantitative estimate of drug-likeness (QED) is 0.547. The average Bonchev–Trinajstić information content (AvgIpc) is 2.98. The van der Waals surface area contributed by atoms with Crippen LogP contribution in [0.5, 0.6) is 0 Å². The van der Waals surface area contributed by atoms with Crippen molar-refractivity contribution < 1.29 is 4.79 Å². The summed E-state index contributed by atoms with van der Waals surface area (Å²) in [6.07, 6.45) is 3.15. The van der Waals surface area contributed by atoms with Crippen LogP contribution in [-0.2, 0) is 0 Å². The Morgan fingerprint density at radius 2 is 2.04 bits per heavy atom. The number of pyridine rings is 1. The fourth-order valence-electron chi connectivity index (χ4n) is 2.10. The van der Waals surface area contributed by atoms with Crippen LogP contribution in [0.3, 0.4) is 0 Å². The van der Waals surface area contributed by atoms with Crippen molar-refractivity contribution >= 4 is 23.4 Å². The van der Waals surface area contributed by atoms with E-state index in [2.05, 4.69) is 20.5 Å². The first-order chi connectivity index (χ1) is 11.7. The molecule has 2 aromatic heterocycles. The highest BCUT2D eigenvalue weighted by atomic mass is 32.2. The van der Waals surface area contributed by atoms with Gasteiger partial charge in [-0.2, -0.15) is 0 Å². The molecule has 0 spiro atoms. The van der Waals surface area contributed by atoms with Gasteiger partial charge in [-0.25, -0.2) is 4.68 Å². The van der Waals surface area contributed by atoms with E-state index in [4.69, 9.17) is 5.84 Å². The molecule has 0 aliphatic rings. The number of benzene rings is 1. The fraction of sp³-hybridized carbons (Fsp3) is 0.125. The van der Waals surface area contributed by atoms with E-state index in [1.165, 1.54) is 22.6 Å². The van der Waals surface area contributed by atoms with E-state index in [1.807, 2.05) is 19.1 Å². The van der Waals surface area contributed by atoms with Gasteiger partial charge in [0.1, 0.15) is 0 Å². The van der Waals surface area contributed by atoms with E-state index in [1.54, 1.807) is 30.5 Å². The van der Waals surface area contributed by atoms with E-state index in [9.17, 15) is 4.79 Å². The number of nitrogens with zero attached hydrogens (tertiary/aromatic N) is 4. The van der Waals surface area contributed by atoms with Crippen LogP contribution in [0.25, 0.3) is 11.4 Å². The molecule has 0 bridgehead atoms. The van der Waals surface area contributed by atoms with E-state index in [0.29, 0.717) is 22.2 Å². The van der Waals surface area contributed by atoms with Crippen molar-refractivity contribution in [2.75, 3.05) is 16.9 Å². The molecule has 0 radical (unpaired) electrons. The molecule has 7 nitrogen and oxygen atoms in total. The molecular weight excluding hydrogens is 324 g/mol. The molecule has 0 aliphatic carbocycles. The second-order valence-electron chi connectivity index (χ2n) is 4.88. The van der Waals surface area contributed by atoms with Gasteiger partial charge in [0.25, 0.3) is 5.91 Å². The van der Waals surface area contributed by atoms with Crippen LogP contribution in [-0.4, -0.2) is 31.5 Å². The molecule has 2 heterocycles. The van der Waals surface area contributed by atoms with Gasteiger partial charge in [0.15, 0.2) is 5.82 Å². The molecule has 0 fully saturated rings. The molecule has 1 aromatic carbocycles. The van der Waals surface area contributed by atoms with Crippen molar-refractivity contribution in [1.29, 1.82) is 0 Å². The average molecular weight is 340 g/mol. The van der Waals surface area contributed by atoms with Crippen LogP contribution in [0, 0.1) is 0 Å². The lowest BCUT2D eigenvalue weighted by atomic mass is 10.2. The minimum atomic E-state index is -0.209. The Labute approximate surface area is 143 Å².